The van der Waals surface area contributed by atoms with Crippen LogP contribution in [0.25, 0.3) is 10.9 Å². The normalized spacial score (nSPS) is 13.4. The Bertz CT molecular complexity index is 1380. The number of aromatic amines is 1. The zero-order valence-corrected chi connectivity index (χ0v) is 24.1. The van der Waals surface area contributed by atoms with E-state index in [1.165, 1.54) is 5.56 Å². The SMILES string of the molecule is Cc1ccc(Oc2cccc(CC(=O)N3CCCC3C)c2)cc1.NC=O.O=CNCc1cc2cnccc2[nH]1.OC(F)F. The summed E-state index contributed by atoms with van der Waals surface area (Å²) >= 11 is 0. The molecule has 43 heavy (non-hydrogen) atoms. The topological polar surface area (TPSA) is 151 Å². The van der Waals surface area contributed by atoms with Crippen LogP contribution >= 0.6 is 0 Å². The Labute approximate surface area is 248 Å². The number of hydrogen-bond donors (Lipinski definition) is 4. The number of alkyl halides is 2. The molecule has 1 aliphatic rings. The molecule has 12 heteroatoms. The van der Waals surface area contributed by atoms with Crippen molar-refractivity contribution in [1.29, 1.82) is 0 Å². The Morgan fingerprint density at radius 2 is 1.88 bits per heavy atom. The van der Waals surface area contributed by atoms with E-state index in [4.69, 9.17) is 14.6 Å². The molecule has 1 atom stereocenters. The molecule has 10 nitrogen and oxygen atoms in total. The Hall–Kier alpha value is -4.84. The second-order valence-electron chi connectivity index (χ2n) is 9.49. The molecule has 5 N–H and O–H groups in total. The number of nitrogens with two attached hydrogens (primary N) is 1. The van der Waals surface area contributed by atoms with E-state index >= 15 is 0 Å². The van der Waals surface area contributed by atoms with Gasteiger partial charge in [-0.05, 0) is 68.7 Å². The van der Waals surface area contributed by atoms with E-state index in [9.17, 15) is 18.4 Å². The van der Waals surface area contributed by atoms with Crippen molar-refractivity contribution >= 4 is 29.6 Å². The number of aryl methyl sites for hydroxylation is 1. The molecule has 2 aromatic carbocycles. The Morgan fingerprint density at radius 3 is 2.49 bits per heavy atom. The van der Waals surface area contributed by atoms with Crippen LogP contribution in [0.15, 0.2) is 73.1 Å². The third-order valence-corrected chi connectivity index (χ3v) is 6.24. The molecule has 5 rings (SSSR count). The quantitative estimate of drug-likeness (QED) is 0.231. The number of rotatable bonds is 7. The number of carbonyl (C=O) groups is 3. The number of H-pyrrole nitrogens is 1. The molecule has 230 valence electrons. The molecule has 0 saturated carbocycles. The molecule has 1 aliphatic heterocycles. The second-order valence-corrected chi connectivity index (χ2v) is 9.49. The zero-order valence-electron chi connectivity index (χ0n) is 24.1. The van der Waals surface area contributed by atoms with Gasteiger partial charge < -0.3 is 30.8 Å². The number of aromatic nitrogens is 2. The highest BCUT2D eigenvalue weighted by Crippen LogP contribution is 2.24. The number of pyridine rings is 1. The number of ether oxygens (including phenoxy) is 1. The van der Waals surface area contributed by atoms with Gasteiger partial charge in [0.25, 0.3) is 0 Å². The van der Waals surface area contributed by atoms with Gasteiger partial charge in [0.1, 0.15) is 11.5 Å². The van der Waals surface area contributed by atoms with Crippen LogP contribution in [0.2, 0.25) is 0 Å². The van der Waals surface area contributed by atoms with Crippen LogP contribution in [-0.2, 0) is 27.3 Å². The van der Waals surface area contributed by atoms with E-state index in [2.05, 4.69) is 34.9 Å². The summed E-state index contributed by atoms with van der Waals surface area (Å²) in [6.07, 6.45) is 7.12. The Morgan fingerprint density at radius 1 is 1.19 bits per heavy atom. The molecule has 0 spiro atoms. The van der Waals surface area contributed by atoms with Crippen molar-refractivity contribution in [3.8, 4) is 11.5 Å². The van der Waals surface area contributed by atoms with Crippen molar-refractivity contribution in [2.24, 2.45) is 5.73 Å². The maximum absolute atomic E-state index is 12.4. The number of aliphatic hydroxyl groups excluding tert-OH is 1. The van der Waals surface area contributed by atoms with Gasteiger partial charge in [-0.3, -0.25) is 19.4 Å². The number of amides is 3. The predicted molar refractivity (Wildman–Crippen MR) is 159 cm³/mol. The summed E-state index contributed by atoms with van der Waals surface area (Å²) in [5, 5.41) is 10.4. The highest BCUT2D eigenvalue weighted by Gasteiger charge is 2.24. The minimum atomic E-state index is -3.17. The van der Waals surface area contributed by atoms with E-state index in [0.717, 1.165) is 53.0 Å². The maximum atomic E-state index is 12.4. The van der Waals surface area contributed by atoms with Gasteiger partial charge in [-0.15, -0.1) is 0 Å². The van der Waals surface area contributed by atoms with E-state index < -0.39 is 6.61 Å². The summed E-state index contributed by atoms with van der Waals surface area (Å²) in [5.74, 6) is 1.79. The van der Waals surface area contributed by atoms with Gasteiger partial charge in [-0.1, -0.05) is 29.8 Å². The average Bonchev–Trinajstić information content (AvgIpc) is 3.59. The van der Waals surface area contributed by atoms with Gasteiger partial charge in [-0.2, -0.15) is 8.78 Å². The van der Waals surface area contributed by atoms with E-state index in [1.807, 2.05) is 65.6 Å². The predicted octanol–water partition coefficient (Wildman–Crippen LogP) is 4.45. The molecule has 4 aromatic rings. The first-order valence-electron chi connectivity index (χ1n) is 13.5. The van der Waals surface area contributed by atoms with Crippen molar-refractivity contribution in [1.82, 2.24) is 20.2 Å². The van der Waals surface area contributed by atoms with E-state index in [0.29, 0.717) is 25.4 Å². The lowest BCUT2D eigenvalue weighted by atomic mass is 10.1. The fourth-order valence-electron chi connectivity index (χ4n) is 4.32. The summed E-state index contributed by atoms with van der Waals surface area (Å²) in [4.78, 5) is 40.2. The first-order valence-corrected chi connectivity index (χ1v) is 13.5. The van der Waals surface area contributed by atoms with Gasteiger partial charge in [0, 0.05) is 41.6 Å². The van der Waals surface area contributed by atoms with Crippen LogP contribution in [0.1, 0.15) is 36.6 Å². The number of nitrogens with one attached hydrogen (secondary N) is 2. The third-order valence-electron chi connectivity index (χ3n) is 6.24. The number of carbonyl (C=O) groups excluding carboxylic acids is 3. The van der Waals surface area contributed by atoms with Crippen LogP contribution in [0, 0.1) is 6.92 Å². The van der Waals surface area contributed by atoms with Crippen LogP contribution in [-0.4, -0.2) is 57.9 Å². The summed E-state index contributed by atoms with van der Waals surface area (Å²) in [7, 11) is 0. The summed E-state index contributed by atoms with van der Waals surface area (Å²) in [6.45, 7) is 2.43. The number of likely N-dealkylation sites (tertiary alicyclic amines) is 1. The van der Waals surface area contributed by atoms with Crippen molar-refractivity contribution in [3.63, 3.8) is 0 Å². The standard InChI is InChI=1S/C20H23NO2.C9H9N3O.CH2F2O.CH3NO/c1-15-8-10-18(11-9-15)23-19-7-3-6-17(13-19)14-20(22)21-12-4-5-16(21)2;13-6-11-5-8-3-7-4-10-2-1-9(7)12-8;2-1(3)4;2-1-3/h3,6-11,13,16H,4-5,12,14H2,1-2H3;1-4,6,12H,5H2,(H,11,13);1,4H;1H,(H2,2,3). The first kappa shape index (κ1) is 34.4. The smallest absolute Gasteiger partial charge is 0.342 e. The van der Waals surface area contributed by atoms with E-state index in [1.54, 1.807) is 12.4 Å². The lowest BCUT2D eigenvalue weighted by molar-refractivity contribution is -0.131. The molecule has 3 amide bonds. The fraction of sp³-hybridized carbons (Fsp3) is 0.290. The average molecular weight is 598 g/mol. The number of halogens is 2. The zero-order chi connectivity index (χ0) is 31.6. The molecule has 0 aliphatic carbocycles. The summed E-state index contributed by atoms with van der Waals surface area (Å²) in [6, 6.07) is 20.0. The highest BCUT2D eigenvalue weighted by atomic mass is 19.3. The Kier molecular flexibility index (Phi) is 14.8. The van der Waals surface area contributed by atoms with Crippen LogP contribution < -0.4 is 15.8 Å². The fourth-order valence-corrected chi connectivity index (χ4v) is 4.32. The van der Waals surface area contributed by atoms with Crippen LogP contribution in [0.4, 0.5) is 8.78 Å². The molecule has 1 saturated heterocycles. The first-order chi connectivity index (χ1) is 20.7. The molecule has 3 heterocycles. The number of hydrogen-bond acceptors (Lipinski definition) is 6. The van der Waals surface area contributed by atoms with Crippen LogP contribution in [0.5, 0.6) is 11.5 Å². The van der Waals surface area contributed by atoms with Gasteiger partial charge in [0.2, 0.25) is 18.7 Å². The number of aliphatic hydroxyl groups is 1. The third kappa shape index (κ3) is 12.7. The highest BCUT2D eigenvalue weighted by molar-refractivity contribution is 5.80. The molecular formula is C31H37F2N5O5. The molecule has 0 radical (unpaired) electrons. The molecule has 2 aromatic heterocycles. The largest absolute Gasteiger partial charge is 0.457 e. The van der Waals surface area contributed by atoms with Gasteiger partial charge in [0.15, 0.2) is 0 Å². The van der Waals surface area contributed by atoms with Gasteiger partial charge in [-0.25, -0.2) is 0 Å². The number of benzene rings is 2. The van der Waals surface area contributed by atoms with Crippen molar-refractivity contribution in [2.45, 2.75) is 52.3 Å². The summed E-state index contributed by atoms with van der Waals surface area (Å²) in [5.41, 5.74) is 8.39. The molecular weight excluding hydrogens is 560 g/mol. The second kappa shape index (κ2) is 18.6. The number of fused-ring (bicyclic) bond motifs is 1. The summed E-state index contributed by atoms with van der Waals surface area (Å²) < 4.78 is 25.7. The lowest BCUT2D eigenvalue weighted by Gasteiger charge is -2.21. The lowest BCUT2D eigenvalue weighted by Crippen LogP contribution is -2.34. The monoisotopic (exact) mass is 597 g/mol. The van der Waals surface area contributed by atoms with Gasteiger partial charge >= 0.3 is 6.61 Å². The van der Waals surface area contributed by atoms with E-state index in [-0.39, 0.29) is 12.3 Å². The number of primary amides is 1. The molecule has 1 fully saturated rings. The molecule has 1 unspecified atom stereocenters. The van der Waals surface area contributed by atoms with Crippen molar-refractivity contribution < 1.29 is 33.0 Å². The number of nitrogens with zero attached hydrogens (tertiary/aromatic N) is 2. The van der Waals surface area contributed by atoms with Crippen molar-refractivity contribution in [2.75, 3.05) is 6.54 Å². The maximum Gasteiger partial charge on any atom is 0.342 e. The minimum Gasteiger partial charge on any atom is -0.457 e. The minimum absolute atomic E-state index is 0.211. The Balaban J connectivity index is 0.000000270. The van der Waals surface area contributed by atoms with Crippen molar-refractivity contribution in [3.05, 3.63) is 89.9 Å². The molecule has 0 bridgehead atoms. The van der Waals surface area contributed by atoms with Gasteiger partial charge in [0.05, 0.1) is 13.0 Å². The van der Waals surface area contributed by atoms with Crippen LogP contribution in [0.3, 0.4) is 0 Å².